The summed E-state index contributed by atoms with van der Waals surface area (Å²) in [6.45, 7) is 2.53. The van der Waals surface area contributed by atoms with Gasteiger partial charge in [0.15, 0.2) is 0 Å². The number of nitrogens with zero attached hydrogens (tertiary/aromatic N) is 1. The van der Waals surface area contributed by atoms with Gasteiger partial charge in [0.2, 0.25) is 0 Å². The van der Waals surface area contributed by atoms with Crippen LogP contribution in [0.1, 0.15) is 22.5 Å². The van der Waals surface area contributed by atoms with Crippen LogP contribution in [0.25, 0.3) is 0 Å². The molecule has 0 aliphatic rings. The van der Waals surface area contributed by atoms with Gasteiger partial charge < -0.3 is 9.84 Å². The number of carbonyl (C=O) groups is 1. The van der Waals surface area contributed by atoms with Crippen molar-refractivity contribution in [3.63, 3.8) is 0 Å². The van der Waals surface area contributed by atoms with Crippen LogP contribution in [0.15, 0.2) is 17.2 Å². The zero-order chi connectivity index (χ0) is 12.0. The van der Waals surface area contributed by atoms with Crippen LogP contribution in [0, 0.1) is 6.92 Å². The number of rotatable bonds is 6. The van der Waals surface area contributed by atoms with Crippen molar-refractivity contribution < 1.29 is 14.6 Å². The molecule has 0 spiro atoms. The smallest absolute Gasteiger partial charge is 0.338 e. The van der Waals surface area contributed by atoms with Crippen LogP contribution in [-0.4, -0.2) is 35.5 Å². The van der Waals surface area contributed by atoms with Gasteiger partial charge in [0, 0.05) is 25.2 Å². The lowest BCUT2D eigenvalue weighted by Crippen LogP contribution is -2.02. The fourth-order valence-corrected chi connectivity index (χ4v) is 2.15. The average molecular weight is 241 g/mol. The molecule has 0 unspecified atom stereocenters. The van der Waals surface area contributed by atoms with Crippen molar-refractivity contribution in [1.82, 2.24) is 4.98 Å². The summed E-state index contributed by atoms with van der Waals surface area (Å²) < 4.78 is 4.93. The Labute approximate surface area is 99.0 Å². The number of pyridine rings is 1. The SMILES string of the molecule is COCCCSc1nc(C)ccc1C(=O)O. The third-order valence-corrected chi connectivity index (χ3v) is 3.04. The molecule has 0 bridgehead atoms. The molecule has 0 fully saturated rings. The molecule has 5 heteroatoms. The molecule has 0 aromatic carbocycles. The summed E-state index contributed by atoms with van der Waals surface area (Å²) >= 11 is 1.46. The molecule has 0 amide bonds. The average Bonchev–Trinajstić information content (AvgIpc) is 2.24. The van der Waals surface area contributed by atoms with E-state index in [0.29, 0.717) is 11.6 Å². The van der Waals surface area contributed by atoms with Crippen LogP contribution in [0.3, 0.4) is 0 Å². The number of aryl methyl sites for hydroxylation is 1. The van der Waals surface area contributed by atoms with Crippen molar-refractivity contribution in [3.05, 3.63) is 23.4 Å². The molecule has 0 atom stereocenters. The van der Waals surface area contributed by atoms with Gasteiger partial charge in [-0.25, -0.2) is 9.78 Å². The predicted molar refractivity (Wildman–Crippen MR) is 63.2 cm³/mol. The van der Waals surface area contributed by atoms with Gasteiger partial charge in [-0.3, -0.25) is 0 Å². The third kappa shape index (κ3) is 3.83. The van der Waals surface area contributed by atoms with Gasteiger partial charge in [-0.05, 0) is 25.5 Å². The first kappa shape index (κ1) is 13.0. The highest BCUT2D eigenvalue weighted by molar-refractivity contribution is 7.99. The summed E-state index contributed by atoms with van der Waals surface area (Å²) in [5.74, 6) is -0.119. The van der Waals surface area contributed by atoms with Gasteiger partial charge >= 0.3 is 5.97 Å². The molecular weight excluding hydrogens is 226 g/mol. The Morgan fingerprint density at radius 1 is 1.56 bits per heavy atom. The molecule has 0 aliphatic heterocycles. The second-order valence-corrected chi connectivity index (χ2v) is 4.39. The summed E-state index contributed by atoms with van der Waals surface area (Å²) in [5, 5.41) is 9.57. The minimum Gasteiger partial charge on any atom is -0.478 e. The number of methoxy groups -OCH3 is 1. The van der Waals surface area contributed by atoms with E-state index < -0.39 is 5.97 Å². The lowest BCUT2D eigenvalue weighted by Gasteiger charge is -2.05. The summed E-state index contributed by atoms with van der Waals surface area (Å²) in [6, 6.07) is 3.31. The summed E-state index contributed by atoms with van der Waals surface area (Å²) in [5.41, 5.74) is 1.10. The second kappa shape index (κ2) is 6.50. The molecule has 88 valence electrons. The highest BCUT2D eigenvalue weighted by Gasteiger charge is 2.11. The zero-order valence-corrected chi connectivity index (χ0v) is 10.2. The molecule has 0 saturated heterocycles. The van der Waals surface area contributed by atoms with Crippen LogP contribution >= 0.6 is 11.8 Å². The van der Waals surface area contributed by atoms with E-state index in [0.717, 1.165) is 17.9 Å². The topological polar surface area (TPSA) is 59.4 Å². The Bertz CT molecular complexity index is 368. The number of ether oxygens (including phenoxy) is 1. The van der Waals surface area contributed by atoms with Gasteiger partial charge in [-0.15, -0.1) is 11.8 Å². The number of aromatic nitrogens is 1. The number of aromatic carboxylic acids is 1. The minimum absolute atomic E-state index is 0.271. The number of hydrogen-bond acceptors (Lipinski definition) is 4. The number of thioether (sulfide) groups is 1. The maximum Gasteiger partial charge on any atom is 0.338 e. The van der Waals surface area contributed by atoms with Gasteiger partial charge in [0.1, 0.15) is 5.03 Å². The first-order valence-electron chi connectivity index (χ1n) is 4.98. The van der Waals surface area contributed by atoms with E-state index in [-0.39, 0.29) is 5.56 Å². The third-order valence-electron chi connectivity index (χ3n) is 1.96. The molecule has 4 nitrogen and oxygen atoms in total. The highest BCUT2D eigenvalue weighted by Crippen LogP contribution is 2.21. The molecule has 1 heterocycles. The van der Waals surface area contributed by atoms with Crippen molar-refractivity contribution in [2.75, 3.05) is 19.5 Å². The van der Waals surface area contributed by atoms with Crippen molar-refractivity contribution in [3.8, 4) is 0 Å². The highest BCUT2D eigenvalue weighted by atomic mass is 32.2. The van der Waals surface area contributed by atoms with E-state index in [1.807, 2.05) is 6.92 Å². The normalized spacial score (nSPS) is 10.4. The van der Waals surface area contributed by atoms with E-state index in [1.54, 1.807) is 19.2 Å². The molecule has 16 heavy (non-hydrogen) atoms. The summed E-state index contributed by atoms with van der Waals surface area (Å²) in [4.78, 5) is 15.2. The molecule has 0 radical (unpaired) electrons. The van der Waals surface area contributed by atoms with Crippen LogP contribution in [0.4, 0.5) is 0 Å². The number of hydrogen-bond donors (Lipinski definition) is 1. The lowest BCUT2D eigenvalue weighted by atomic mass is 10.2. The first-order valence-corrected chi connectivity index (χ1v) is 5.96. The predicted octanol–water partition coefficient (Wildman–Crippen LogP) is 2.22. The molecule has 1 aromatic rings. The maximum absolute atomic E-state index is 10.9. The van der Waals surface area contributed by atoms with E-state index in [4.69, 9.17) is 9.84 Å². The van der Waals surface area contributed by atoms with Gasteiger partial charge in [-0.2, -0.15) is 0 Å². The van der Waals surface area contributed by atoms with E-state index in [9.17, 15) is 4.79 Å². The Morgan fingerprint density at radius 3 is 2.94 bits per heavy atom. The maximum atomic E-state index is 10.9. The molecular formula is C11H15NO3S. The largest absolute Gasteiger partial charge is 0.478 e. The van der Waals surface area contributed by atoms with Crippen molar-refractivity contribution in [1.29, 1.82) is 0 Å². The molecule has 0 saturated carbocycles. The standard InChI is InChI=1S/C11H15NO3S/c1-8-4-5-9(11(13)14)10(12-8)16-7-3-6-15-2/h4-5H,3,6-7H2,1-2H3,(H,13,14). The lowest BCUT2D eigenvalue weighted by molar-refractivity contribution is 0.0692. The fraction of sp³-hybridized carbons (Fsp3) is 0.455. The van der Waals surface area contributed by atoms with Gasteiger partial charge in [-0.1, -0.05) is 0 Å². The molecule has 1 N–H and O–H groups in total. The van der Waals surface area contributed by atoms with Crippen LogP contribution < -0.4 is 0 Å². The van der Waals surface area contributed by atoms with Gasteiger partial charge in [0.05, 0.1) is 5.56 Å². The minimum atomic E-state index is -0.929. The second-order valence-electron chi connectivity index (χ2n) is 3.31. The molecule has 1 rings (SSSR count). The number of carboxylic acid groups (broad SMARTS) is 1. The van der Waals surface area contributed by atoms with Crippen molar-refractivity contribution in [2.45, 2.75) is 18.4 Å². The van der Waals surface area contributed by atoms with E-state index in [2.05, 4.69) is 4.98 Å². The Kier molecular flexibility index (Phi) is 5.28. The monoisotopic (exact) mass is 241 g/mol. The van der Waals surface area contributed by atoms with Crippen molar-refractivity contribution >= 4 is 17.7 Å². The van der Waals surface area contributed by atoms with E-state index in [1.165, 1.54) is 11.8 Å². The van der Waals surface area contributed by atoms with Crippen molar-refractivity contribution in [2.24, 2.45) is 0 Å². The Morgan fingerprint density at radius 2 is 2.31 bits per heavy atom. The first-order chi connectivity index (χ1) is 7.65. The fourth-order valence-electron chi connectivity index (χ4n) is 1.18. The van der Waals surface area contributed by atoms with Gasteiger partial charge in [0.25, 0.3) is 0 Å². The zero-order valence-electron chi connectivity index (χ0n) is 9.40. The van der Waals surface area contributed by atoms with Crippen LogP contribution in [0.2, 0.25) is 0 Å². The molecule has 1 aromatic heterocycles. The quantitative estimate of drug-likeness (QED) is 0.611. The summed E-state index contributed by atoms with van der Waals surface area (Å²) in [6.07, 6.45) is 0.885. The summed E-state index contributed by atoms with van der Waals surface area (Å²) in [7, 11) is 1.65. The van der Waals surface area contributed by atoms with E-state index >= 15 is 0 Å². The molecule has 0 aliphatic carbocycles. The Hall–Kier alpha value is -1.07. The van der Waals surface area contributed by atoms with Crippen LogP contribution in [0.5, 0.6) is 0 Å². The number of carboxylic acids is 1. The Balaban J connectivity index is 2.68. The van der Waals surface area contributed by atoms with Crippen LogP contribution in [-0.2, 0) is 4.74 Å².